The van der Waals surface area contributed by atoms with E-state index < -0.39 is 0 Å². The number of rotatable bonds is 0. The number of piperidine rings is 3. The Balaban J connectivity index is 0.000000106. The van der Waals surface area contributed by atoms with Crippen molar-refractivity contribution in [1.29, 1.82) is 0 Å². The molecule has 4 heterocycles. The van der Waals surface area contributed by atoms with E-state index in [1.165, 1.54) is 38.8 Å². The van der Waals surface area contributed by atoms with Crippen LogP contribution < -0.4 is 0 Å². The average Bonchev–Trinajstić information content (AvgIpc) is 2.13. The first kappa shape index (κ1) is 13.3. The van der Waals surface area contributed by atoms with Crippen LogP contribution in [0.4, 0.5) is 0 Å². The van der Waals surface area contributed by atoms with E-state index in [9.17, 15) is 0 Å². The molecule has 0 N–H and O–H groups in total. The predicted molar refractivity (Wildman–Crippen MR) is 73.4 cm³/mol. The van der Waals surface area contributed by atoms with Crippen molar-refractivity contribution in [1.82, 2.24) is 14.7 Å². The van der Waals surface area contributed by atoms with Crippen molar-refractivity contribution in [2.24, 2.45) is 0 Å². The molecule has 100 valence electrons. The highest BCUT2D eigenvalue weighted by atomic mass is 15.4. The molecule has 0 aromatic heterocycles. The van der Waals surface area contributed by atoms with Gasteiger partial charge in [0.05, 0.1) is 0 Å². The lowest BCUT2D eigenvalue weighted by molar-refractivity contribution is -0.266. The summed E-state index contributed by atoms with van der Waals surface area (Å²) in [6.45, 7) is 5.04. The van der Waals surface area contributed by atoms with Crippen LogP contribution >= 0.6 is 0 Å². The number of hydrogen-bond donors (Lipinski definition) is 0. The summed E-state index contributed by atoms with van der Waals surface area (Å²) >= 11 is 0. The van der Waals surface area contributed by atoms with Gasteiger partial charge in [-0.05, 0) is 73.9 Å². The van der Waals surface area contributed by atoms with Crippen LogP contribution in [-0.4, -0.2) is 73.6 Å². The zero-order chi connectivity index (χ0) is 12.6. The smallest absolute Gasteiger partial charge is 0.0217 e. The molecule has 3 heteroatoms. The highest BCUT2D eigenvalue weighted by molar-refractivity contribution is 5.23. The maximum atomic E-state index is 2.69. The maximum Gasteiger partial charge on any atom is 0.0217 e. The molecule has 4 fully saturated rings. The lowest BCUT2D eigenvalue weighted by Gasteiger charge is -2.78. The summed E-state index contributed by atoms with van der Waals surface area (Å²) in [6, 6.07) is 2.08. The summed E-state index contributed by atoms with van der Waals surface area (Å²) in [5.41, 5.74) is 0.716. The van der Waals surface area contributed by atoms with E-state index in [1.807, 2.05) is 26.0 Å². The van der Waals surface area contributed by atoms with Crippen molar-refractivity contribution >= 4 is 0 Å². The zero-order valence-electron chi connectivity index (χ0n) is 12.2. The third kappa shape index (κ3) is 2.67. The van der Waals surface area contributed by atoms with Gasteiger partial charge in [0, 0.05) is 17.6 Å². The molecule has 4 rings (SSSR count). The first-order valence-electron chi connectivity index (χ1n) is 7.00. The molecule has 4 saturated heterocycles. The Kier molecular flexibility index (Phi) is 3.81. The fourth-order valence-electron chi connectivity index (χ4n) is 3.51. The van der Waals surface area contributed by atoms with Crippen LogP contribution in [0.3, 0.4) is 0 Å². The van der Waals surface area contributed by atoms with E-state index in [0.717, 1.165) is 12.1 Å². The van der Waals surface area contributed by atoms with Gasteiger partial charge < -0.3 is 9.80 Å². The number of hydrogen-bond acceptors (Lipinski definition) is 3. The summed E-state index contributed by atoms with van der Waals surface area (Å²) in [5, 5.41) is 0. The second kappa shape index (κ2) is 4.87. The van der Waals surface area contributed by atoms with Crippen LogP contribution in [0.25, 0.3) is 0 Å². The van der Waals surface area contributed by atoms with Crippen LogP contribution in [-0.2, 0) is 0 Å². The topological polar surface area (TPSA) is 9.72 Å². The van der Waals surface area contributed by atoms with E-state index in [1.54, 1.807) is 0 Å². The van der Waals surface area contributed by atoms with Gasteiger partial charge in [-0.1, -0.05) is 0 Å². The normalized spacial score (nSPS) is 41.3. The Morgan fingerprint density at radius 2 is 1.47 bits per heavy atom. The molecule has 0 aliphatic carbocycles. The van der Waals surface area contributed by atoms with Gasteiger partial charge in [-0.3, -0.25) is 4.90 Å². The van der Waals surface area contributed by atoms with Crippen LogP contribution in [0, 0.1) is 0 Å². The van der Waals surface area contributed by atoms with Gasteiger partial charge in [0.1, 0.15) is 0 Å². The molecule has 0 saturated carbocycles. The highest BCUT2D eigenvalue weighted by Crippen LogP contribution is 2.61. The minimum Gasteiger partial charge on any atom is -0.312 e. The minimum atomic E-state index is 0.716. The fourth-order valence-corrected chi connectivity index (χ4v) is 3.51. The van der Waals surface area contributed by atoms with Crippen molar-refractivity contribution in [3.05, 3.63) is 0 Å². The third-order valence-corrected chi connectivity index (χ3v) is 4.38. The van der Waals surface area contributed by atoms with Crippen molar-refractivity contribution in [3.63, 3.8) is 0 Å². The Labute approximate surface area is 107 Å². The van der Waals surface area contributed by atoms with Crippen molar-refractivity contribution < 1.29 is 0 Å². The minimum absolute atomic E-state index is 0.716. The Bertz CT molecular complexity index is 245. The van der Waals surface area contributed by atoms with E-state index in [4.69, 9.17) is 0 Å². The first-order valence-corrected chi connectivity index (χ1v) is 7.00. The lowest BCUT2D eigenvalue weighted by Crippen LogP contribution is -2.85. The van der Waals surface area contributed by atoms with Gasteiger partial charge in [-0.25, -0.2) is 0 Å². The molecule has 0 radical (unpaired) electrons. The molecule has 17 heavy (non-hydrogen) atoms. The Morgan fingerprint density at radius 3 is 1.53 bits per heavy atom. The molecule has 4 aliphatic heterocycles. The predicted octanol–water partition coefficient (Wildman–Crippen LogP) is 1.50. The van der Waals surface area contributed by atoms with Gasteiger partial charge in [-0.15, -0.1) is 0 Å². The van der Waals surface area contributed by atoms with Crippen molar-refractivity contribution in [2.45, 2.75) is 50.2 Å². The van der Waals surface area contributed by atoms with E-state index in [0.29, 0.717) is 5.54 Å². The standard InChI is InChI=1S/C7H11N.C4H9N.C3H9N/c1-7-3-5-2-6(4-7)8(5)7;1-5-3-2-4-5;1-4(2)3/h5-6H,2-4H2,1H3;2-4H2,1H3;1-3H3. The largest absolute Gasteiger partial charge is 0.312 e. The Hall–Kier alpha value is -0.120. The van der Waals surface area contributed by atoms with E-state index in [2.05, 4.69) is 23.8 Å². The molecule has 0 amide bonds. The number of likely N-dealkylation sites (tertiary alicyclic amines) is 1. The molecule has 0 bridgehead atoms. The molecule has 0 aromatic carbocycles. The monoisotopic (exact) mass is 239 g/mol. The third-order valence-electron chi connectivity index (χ3n) is 4.38. The van der Waals surface area contributed by atoms with Gasteiger partial charge in [0.2, 0.25) is 0 Å². The van der Waals surface area contributed by atoms with Gasteiger partial charge in [-0.2, -0.15) is 0 Å². The fraction of sp³-hybridized carbons (Fsp3) is 1.00. The van der Waals surface area contributed by atoms with Crippen molar-refractivity contribution in [3.8, 4) is 0 Å². The SMILES string of the molecule is CC12CC3CC(C1)N32.CN(C)C.CN1CCC1. The maximum absolute atomic E-state index is 2.69. The van der Waals surface area contributed by atoms with Gasteiger partial charge in [0.25, 0.3) is 0 Å². The molecule has 4 aliphatic rings. The van der Waals surface area contributed by atoms with Crippen molar-refractivity contribution in [2.75, 3.05) is 41.3 Å². The molecular weight excluding hydrogens is 210 g/mol. The summed E-state index contributed by atoms with van der Waals surface area (Å²) in [6.07, 6.45) is 5.94. The van der Waals surface area contributed by atoms with Crippen LogP contribution in [0.1, 0.15) is 32.6 Å². The number of nitrogens with zero attached hydrogens (tertiary/aromatic N) is 3. The quantitative estimate of drug-likeness (QED) is 0.634. The molecule has 2 unspecified atom stereocenters. The van der Waals surface area contributed by atoms with E-state index >= 15 is 0 Å². The molecule has 0 aromatic rings. The second-order valence-electron chi connectivity index (χ2n) is 6.85. The Morgan fingerprint density at radius 1 is 1.06 bits per heavy atom. The lowest BCUT2D eigenvalue weighted by atomic mass is 9.56. The summed E-state index contributed by atoms with van der Waals surface area (Å²) in [7, 11) is 8.14. The highest BCUT2D eigenvalue weighted by Gasteiger charge is 2.67. The molecular formula is C14H29N3. The van der Waals surface area contributed by atoms with Gasteiger partial charge >= 0.3 is 0 Å². The van der Waals surface area contributed by atoms with Gasteiger partial charge in [0.15, 0.2) is 0 Å². The van der Waals surface area contributed by atoms with Crippen LogP contribution in [0.15, 0.2) is 0 Å². The van der Waals surface area contributed by atoms with E-state index in [-0.39, 0.29) is 0 Å². The molecule has 3 nitrogen and oxygen atoms in total. The van der Waals surface area contributed by atoms with Crippen LogP contribution in [0.2, 0.25) is 0 Å². The summed E-state index contributed by atoms with van der Waals surface area (Å²) in [5.74, 6) is 0. The summed E-state index contributed by atoms with van der Waals surface area (Å²) < 4.78 is 0. The summed E-state index contributed by atoms with van der Waals surface area (Å²) in [4.78, 5) is 6.99. The first-order chi connectivity index (χ1) is 7.92. The molecule has 0 spiro atoms. The second-order valence-corrected chi connectivity index (χ2v) is 6.85. The average molecular weight is 239 g/mol. The molecule has 2 atom stereocenters. The zero-order valence-corrected chi connectivity index (χ0v) is 12.2. The van der Waals surface area contributed by atoms with Crippen LogP contribution in [0.5, 0.6) is 0 Å².